The van der Waals surface area contributed by atoms with Gasteiger partial charge in [0.25, 0.3) is 5.92 Å². The monoisotopic (exact) mass is 531 g/mol. The molecule has 0 saturated heterocycles. The Morgan fingerprint density at radius 2 is 1.97 bits per heavy atom. The topological polar surface area (TPSA) is 67.5 Å². The molecule has 3 aromatic rings. The van der Waals surface area contributed by atoms with Crippen LogP contribution in [0.25, 0.3) is 11.0 Å². The number of esters is 1. The van der Waals surface area contributed by atoms with Crippen molar-refractivity contribution in [1.29, 1.82) is 0 Å². The molecule has 4 rings (SSSR count). The van der Waals surface area contributed by atoms with E-state index in [1.807, 2.05) is 45.2 Å². The van der Waals surface area contributed by atoms with Crippen molar-refractivity contribution >= 4 is 17.0 Å². The normalized spacial score (nSPS) is 20.7. The lowest BCUT2D eigenvalue weighted by atomic mass is 9.64. The maximum Gasteiger partial charge on any atom is 0.332 e. The summed E-state index contributed by atoms with van der Waals surface area (Å²) >= 11 is 0. The van der Waals surface area contributed by atoms with Crippen molar-refractivity contribution in [2.24, 2.45) is 5.92 Å². The number of aromatic nitrogens is 2. The first kappa shape index (κ1) is 28.1. The highest BCUT2D eigenvalue weighted by molar-refractivity contribution is 5.74. The highest BCUT2D eigenvalue weighted by Crippen LogP contribution is 2.55. The average Bonchev–Trinajstić information content (AvgIpc) is 3.26. The number of hydrogen-bond acceptors (Lipinski definition) is 5. The predicted octanol–water partition coefficient (Wildman–Crippen LogP) is 5.82. The zero-order valence-electron chi connectivity index (χ0n) is 22.4. The van der Waals surface area contributed by atoms with Crippen LogP contribution in [0.1, 0.15) is 56.0 Å². The van der Waals surface area contributed by atoms with Crippen molar-refractivity contribution in [3.8, 4) is 0 Å². The summed E-state index contributed by atoms with van der Waals surface area (Å²) < 4.78 is 55.9. The number of hydrogen-bond donors (Lipinski definition) is 1. The SMILES string of the molecule is COCC(=O)O[C@]1(CCN(C)CCCc2nc3ccccc3[nH]2)CC(F)(F)c2cc(F)ccc2[C@H]1C(C)C. The summed E-state index contributed by atoms with van der Waals surface area (Å²) in [5.41, 5.74) is 0.456. The summed E-state index contributed by atoms with van der Waals surface area (Å²) in [6.07, 6.45) is 1.07. The van der Waals surface area contributed by atoms with Gasteiger partial charge in [-0.25, -0.2) is 22.9 Å². The van der Waals surface area contributed by atoms with Crippen molar-refractivity contribution in [3.05, 3.63) is 65.2 Å². The molecule has 1 N–H and O–H groups in total. The van der Waals surface area contributed by atoms with Crippen molar-refractivity contribution in [2.45, 2.75) is 57.0 Å². The van der Waals surface area contributed by atoms with E-state index in [-0.39, 0.29) is 24.5 Å². The largest absolute Gasteiger partial charge is 0.456 e. The molecule has 2 aromatic carbocycles. The number of nitrogens with one attached hydrogen (secondary N) is 1. The van der Waals surface area contributed by atoms with Crippen LogP contribution in [0.3, 0.4) is 0 Å². The number of aryl methyl sites for hydroxylation is 1. The van der Waals surface area contributed by atoms with Gasteiger partial charge in [0.05, 0.1) is 17.5 Å². The molecule has 1 aliphatic rings. The average molecular weight is 532 g/mol. The fourth-order valence-corrected chi connectivity index (χ4v) is 5.85. The van der Waals surface area contributed by atoms with Crippen LogP contribution in [0.4, 0.5) is 13.2 Å². The molecule has 0 fully saturated rings. The Morgan fingerprint density at radius 3 is 2.68 bits per heavy atom. The summed E-state index contributed by atoms with van der Waals surface area (Å²) in [5.74, 6) is -4.51. The first-order chi connectivity index (χ1) is 18.0. The van der Waals surface area contributed by atoms with Crippen LogP contribution in [0.15, 0.2) is 42.5 Å². The van der Waals surface area contributed by atoms with Crippen molar-refractivity contribution < 1.29 is 27.4 Å². The molecule has 38 heavy (non-hydrogen) atoms. The smallest absolute Gasteiger partial charge is 0.332 e. The van der Waals surface area contributed by atoms with E-state index >= 15 is 8.78 Å². The molecule has 1 aliphatic carbocycles. The Hall–Kier alpha value is -2.91. The Balaban J connectivity index is 1.51. The van der Waals surface area contributed by atoms with Crippen LogP contribution in [0, 0.1) is 11.7 Å². The fraction of sp³-hybridized carbons (Fsp3) is 0.517. The highest BCUT2D eigenvalue weighted by atomic mass is 19.3. The minimum absolute atomic E-state index is 0.135. The molecule has 0 bridgehead atoms. The number of benzene rings is 2. The van der Waals surface area contributed by atoms with Gasteiger partial charge in [-0.1, -0.05) is 32.0 Å². The second kappa shape index (κ2) is 11.5. The summed E-state index contributed by atoms with van der Waals surface area (Å²) in [7, 11) is 3.29. The van der Waals surface area contributed by atoms with Gasteiger partial charge in [0, 0.05) is 38.0 Å². The molecule has 0 aliphatic heterocycles. The molecule has 0 amide bonds. The van der Waals surface area contributed by atoms with E-state index in [4.69, 9.17) is 9.47 Å². The van der Waals surface area contributed by atoms with E-state index in [9.17, 15) is 9.18 Å². The summed E-state index contributed by atoms with van der Waals surface area (Å²) in [5, 5.41) is 0. The van der Waals surface area contributed by atoms with Crippen molar-refractivity contribution in [3.63, 3.8) is 0 Å². The number of carbonyl (C=O) groups is 1. The number of methoxy groups -OCH3 is 1. The van der Waals surface area contributed by atoms with Crippen LogP contribution in [-0.2, 0) is 26.6 Å². The van der Waals surface area contributed by atoms with Crippen molar-refractivity contribution in [2.75, 3.05) is 33.9 Å². The maximum atomic E-state index is 15.5. The quantitative estimate of drug-likeness (QED) is 0.316. The standard InChI is InChI=1S/C29H36F3N3O3/c1-19(2)27-21-12-11-20(30)16-22(21)29(31,32)18-28(27,38-26(36)17-37-4)13-15-35(3)14-7-10-25-33-23-8-5-6-9-24(23)34-25/h5-6,8-9,11-12,16,19,27H,7,10,13-15,17-18H2,1-4H3,(H,33,34)/t27-,28-/m1/s1. The number of rotatable bonds is 11. The highest BCUT2D eigenvalue weighted by Gasteiger charge is 2.57. The second-order valence-electron chi connectivity index (χ2n) is 10.7. The Labute approximate surface area is 221 Å². The summed E-state index contributed by atoms with van der Waals surface area (Å²) in [6, 6.07) is 11.4. The van der Waals surface area contributed by atoms with Crippen LogP contribution in [-0.4, -0.2) is 60.3 Å². The summed E-state index contributed by atoms with van der Waals surface area (Å²) in [4.78, 5) is 22.6. The van der Waals surface area contributed by atoms with E-state index in [1.54, 1.807) is 0 Å². The summed E-state index contributed by atoms with van der Waals surface area (Å²) in [6.45, 7) is 4.65. The number of halogens is 3. The second-order valence-corrected chi connectivity index (χ2v) is 10.7. The maximum absolute atomic E-state index is 15.5. The zero-order valence-corrected chi connectivity index (χ0v) is 22.4. The minimum Gasteiger partial charge on any atom is -0.456 e. The van der Waals surface area contributed by atoms with Crippen LogP contribution < -0.4 is 0 Å². The van der Waals surface area contributed by atoms with Crippen LogP contribution in [0.2, 0.25) is 0 Å². The van der Waals surface area contributed by atoms with E-state index in [1.165, 1.54) is 19.2 Å². The molecule has 0 spiro atoms. The van der Waals surface area contributed by atoms with E-state index in [0.717, 1.165) is 35.8 Å². The van der Waals surface area contributed by atoms with Gasteiger partial charge in [-0.15, -0.1) is 0 Å². The predicted molar refractivity (Wildman–Crippen MR) is 140 cm³/mol. The molecular weight excluding hydrogens is 495 g/mol. The van der Waals surface area contributed by atoms with Crippen molar-refractivity contribution in [1.82, 2.24) is 14.9 Å². The van der Waals surface area contributed by atoms with Gasteiger partial charge in [0.1, 0.15) is 23.8 Å². The lowest BCUT2D eigenvalue weighted by molar-refractivity contribution is -0.188. The van der Waals surface area contributed by atoms with Crippen LogP contribution >= 0.6 is 0 Å². The number of nitrogens with zero attached hydrogens (tertiary/aromatic N) is 2. The van der Waals surface area contributed by atoms with Gasteiger partial charge in [-0.2, -0.15) is 0 Å². The van der Waals surface area contributed by atoms with Gasteiger partial charge >= 0.3 is 5.97 Å². The number of carbonyl (C=O) groups excluding carboxylic acids is 1. The Kier molecular flexibility index (Phi) is 8.47. The third kappa shape index (κ3) is 6.04. The number of aromatic amines is 1. The molecular formula is C29H36F3N3O3. The molecule has 6 nitrogen and oxygen atoms in total. The van der Waals surface area contributed by atoms with Gasteiger partial charge in [-0.3, -0.25) is 0 Å². The molecule has 0 unspecified atom stereocenters. The van der Waals surface area contributed by atoms with Gasteiger partial charge in [-0.05, 0) is 55.8 Å². The van der Waals surface area contributed by atoms with Gasteiger partial charge in [0.2, 0.25) is 0 Å². The third-order valence-electron chi connectivity index (χ3n) is 7.39. The number of ether oxygens (including phenoxy) is 2. The first-order valence-corrected chi connectivity index (χ1v) is 13.1. The molecule has 2 atom stereocenters. The molecule has 1 aromatic heterocycles. The number of para-hydroxylation sites is 2. The van der Waals surface area contributed by atoms with Crippen LogP contribution in [0.5, 0.6) is 0 Å². The first-order valence-electron chi connectivity index (χ1n) is 13.1. The van der Waals surface area contributed by atoms with E-state index in [0.29, 0.717) is 18.7 Å². The Morgan fingerprint density at radius 1 is 1.21 bits per heavy atom. The van der Waals surface area contributed by atoms with Gasteiger partial charge < -0.3 is 19.4 Å². The fourth-order valence-electron chi connectivity index (χ4n) is 5.85. The zero-order chi connectivity index (χ0) is 27.5. The molecule has 1 heterocycles. The molecule has 9 heteroatoms. The number of fused-ring (bicyclic) bond motifs is 2. The third-order valence-corrected chi connectivity index (χ3v) is 7.39. The van der Waals surface area contributed by atoms with E-state index < -0.39 is 35.6 Å². The molecule has 0 radical (unpaired) electrons. The number of imidazole rings is 1. The number of H-pyrrole nitrogens is 1. The molecule has 206 valence electrons. The van der Waals surface area contributed by atoms with Gasteiger partial charge in [0.15, 0.2) is 0 Å². The van der Waals surface area contributed by atoms with E-state index in [2.05, 4.69) is 14.9 Å². The minimum atomic E-state index is -3.35. The Bertz CT molecular complexity index is 1230. The number of alkyl halides is 2. The lowest BCUT2D eigenvalue weighted by Crippen LogP contribution is -2.52. The lowest BCUT2D eigenvalue weighted by Gasteiger charge is -2.49. The molecule has 0 saturated carbocycles.